The summed E-state index contributed by atoms with van der Waals surface area (Å²) in [4.78, 5) is 14.8. The lowest BCUT2D eigenvalue weighted by Gasteiger charge is -2.35. The lowest BCUT2D eigenvalue weighted by atomic mass is 10.1. The molecule has 1 aliphatic rings. The van der Waals surface area contributed by atoms with Crippen LogP contribution in [0.15, 0.2) is 35.7 Å². The van der Waals surface area contributed by atoms with Crippen LogP contribution in [0.5, 0.6) is 0 Å². The third-order valence-corrected chi connectivity index (χ3v) is 5.63. The van der Waals surface area contributed by atoms with Gasteiger partial charge in [-0.1, -0.05) is 37.3 Å². The summed E-state index contributed by atoms with van der Waals surface area (Å²) in [6.45, 7) is 7.37. The highest BCUT2D eigenvalue weighted by Crippen LogP contribution is 2.39. The van der Waals surface area contributed by atoms with E-state index in [9.17, 15) is 0 Å². The Morgan fingerprint density at radius 2 is 1.83 bits per heavy atom. The van der Waals surface area contributed by atoms with E-state index in [1.807, 2.05) is 6.07 Å². The number of fused-ring (bicyclic) bond motifs is 1. The molecule has 4 rings (SSSR count). The van der Waals surface area contributed by atoms with Gasteiger partial charge in [-0.05, 0) is 23.7 Å². The monoisotopic (exact) mass is 358 g/mol. The van der Waals surface area contributed by atoms with Crippen LogP contribution in [0.2, 0.25) is 5.28 Å². The normalized spacial score (nSPS) is 16.0. The minimum Gasteiger partial charge on any atom is -0.353 e. The van der Waals surface area contributed by atoms with E-state index in [1.54, 1.807) is 11.3 Å². The fourth-order valence-corrected chi connectivity index (χ4v) is 4.39. The van der Waals surface area contributed by atoms with Gasteiger partial charge in [0.15, 0.2) is 0 Å². The van der Waals surface area contributed by atoms with Crippen LogP contribution in [0.4, 0.5) is 5.82 Å². The highest BCUT2D eigenvalue weighted by molar-refractivity contribution is 7.17. The van der Waals surface area contributed by atoms with E-state index in [4.69, 9.17) is 11.6 Å². The van der Waals surface area contributed by atoms with E-state index in [-0.39, 0.29) is 0 Å². The van der Waals surface area contributed by atoms with Crippen molar-refractivity contribution in [1.82, 2.24) is 14.9 Å². The molecule has 0 unspecified atom stereocenters. The zero-order valence-corrected chi connectivity index (χ0v) is 15.1. The van der Waals surface area contributed by atoms with Gasteiger partial charge in [-0.3, -0.25) is 0 Å². The van der Waals surface area contributed by atoms with Crippen molar-refractivity contribution in [3.63, 3.8) is 0 Å². The molecule has 124 valence electrons. The average Bonchev–Trinajstić information content (AvgIpc) is 3.05. The van der Waals surface area contributed by atoms with Gasteiger partial charge in [-0.2, -0.15) is 4.98 Å². The van der Waals surface area contributed by atoms with Crippen LogP contribution in [0.3, 0.4) is 0 Å². The first kappa shape index (κ1) is 15.8. The summed E-state index contributed by atoms with van der Waals surface area (Å²) in [5.41, 5.74) is 2.39. The number of aromatic nitrogens is 2. The number of likely N-dealkylation sites (N-methyl/N-ethyl adjacent to an activating group) is 1. The highest BCUT2D eigenvalue weighted by atomic mass is 35.5. The van der Waals surface area contributed by atoms with Crippen molar-refractivity contribution in [2.24, 2.45) is 0 Å². The molecule has 3 heterocycles. The molecular weight excluding hydrogens is 340 g/mol. The molecule has 1 aromatic carbocycles. The fraction of sp³-hybridized carbons (Fsp3) is 0.333. The number of thiophene rings is 1. The molecule has 0 amide bonds. The Morgan fingerprint density at radius 3 is 2.54 bits per heavy atom. The number of hydrogen-bond acceptors (Lipinski definition) is 5. The molecule has 1 aliphatic heterocycles. The third kappa shape index (κ3) is 2.88. The van der Waals surface area contributed by atoms with Gasteiger partial charge in [0.2, 0.25) is 5.28 Å². The van der Waals surface area contributed by atoms with Crippen molar-refractivity contribution in [3.8, 4) is 11.1 Å². The zero-order chi connectivity index (χ0) is 16.5. The maximum absolute atomic E-state index is 6.20. The number of nitrogens with zero attached hydrogens (tertiary/aromatic N) is 4. The number of rotatable bonds is 3. The molecule has 0 bridgehead atoms. The first-order valence-electron chi connectivity index (χ1n) is 8.23. The molecule has 6 heteroatoms. The molecule has 4 nitrogen and oxygen atoms in total. The maximum Gasteiger partial charge on any atom is 0.225 e. The number of hydrogen-bond donors (Lipinski definition) is 0. The molecule has 0 radical (unpaired) electrons. The fourth-order valence-electron chi connectivity index (χ4n) is 3.23. The minimum atomic E-state index is 0.330. The number of benzene rings is 1. The topological polar surface area (TPSA) is 32.3 Å². The van der Waals surface area contributed by atoms with E-state index in [0.29, 0.717) is 5.28 Å². The SMILES string of the molecule is CCN1CCN(c2nc(Cl)nc3scc(-c4ccccc4)c23)CC1. The summed E-state index contributed by atoms with van der Waals surface area (Å²) in [5.74, 6) is 0.973. The van der Waals surface area contributed by atoms with Crippen molar-refractivity contribution in [3.05, 3.63) is 41.0 Å². The van der Waals surface area contributed by atoms with Crippen LogP contribution >= 0.6 is 22.9 Å². The maximum atomic E-state index is 6.20. The second-order valence-electron chi connectivity index (χ2n) is 5.93. The van der Waals surface area contributed by atoms with Gasteiger partial charge < -0.3 is 9.80 Å². The van der Waals surface area contributed by atoms with Crippen LogP contribution in [0, 0.1) is 0 Å². The summed E-state index contributed by atoms with van der Waals surface area (Å²) in [7, 11) is 0. The molecular formula is C18H19ClN4S. The molecule has 1 fully saturated rings. The number of anilines is 1. The Bertz CT molecular complexity index is 841. The first-order valence-corrected chi connectivity index (χ1v) is 9.49. The van der Waals surface area contributed by atoms with E-state index < -0.39 is 0 Å². The third-order valence-electron chi connectivity index (χ3n) is 4.59. The Balaban J connectivity index is 1.81. The largest absolute Gasteiger partial charge is 0.353 e. The smallest absolute Gasteiger partial charge is 0.225 e. The van der Waals surface area contributed by atoms with E-state index in [2.05, 4.69) is 56.3 Å². The van der Waals surface area contributed by atoms with Crippen molar-refractivity contribution in [1.29, 1.82) is 0 Å². The molecule has 0 saturated carbocycles. The Morgan fingerprint density at radius 1 is 1.08 bits per heavy atom. The highest BCUT2D eigenvalue weighted by Gasteiger charge is 2.22. The quantitative estimate of drug-likeness (QED) is 0.658. The van der Waals surface area contributed by atoms with Gasteiger partial charge >= 0.3 is 0 Å². The van der Waals surface area contributed by atoms with Gasteiger partial charge in [-0.15, -0.1) is 11.3 Å². The van der Waals surface area contributed by atoms with Gasteiger partial charge in [0.05, 0.1) is 5.39 Å². The lowest BCUT2D eigenvalue weighted by Crippen LogP contribution is -2.46. The molecule has 2 aromatic heterocycles. The molecule has 24 heavy (non-hydrogen) atoms. The number of piperazine rings is 1. The lowest BCUT2D eigenvalue weighted by molar-refractivity contribution is 0.271. The van der Waals surface area contributed by atoms with Crippen molar-refractivity contribution in [2.75, 3.05) is 37.6 Å². The van der Waals surface area contributed by atoms with Gasteiger partial charge in [0.25, 0.3) is 0 Å². The summed E-state index contributed by atoms with van der Waals surface area (Å²) in [5, 5.41) is 3.62. The van der Waals surface area contributed by atoms with Crippen LogP contribution in [-0.2, 0) is 0 Å². The van der Waals surface area contributed by atoms with Crippen molar-refractivity contribution in [2.45, 2.75) is 6.92 Å². The summed E-state index contributed by atoms with van der Waals surface area (Å²) >= 11 is 7.84. The van der Waals surface area contributed by atoms with E-state index in [0.717, 1.165) is 48.8 Å². The molecule has 1 saturated heterocycles. The molecule has 0 N–H and O–H groups in total. The minimum absolute atomic E-state index is 0.330. The molecule has 0 atom stereocenters. The van der Waals surface area contributed by atoms with E-state index >= 15 is 0 Å². The average molecular weight is 359 g/mol. The number of halogens is 1. The molecule has 0 spiro atoms. The van der Waals surface area contributed by atoms with E-state index in [1.165, 1.54) is 11.1 Å². The van der Waals surface area contributed by atoms with Crippen LogP contribution in [0.25, 0.3) is 21.3 Å². The van der Waals surface area contributed by atoms with Gasteiger partial charge in [-0.25, -0.2) is 4.98 Å². The second-order valence-corrected chi connectivity index (χ2v) is 7.13. The van der Waals surface area contributed by atoms with Crippen LogP contribution < -0.4 is 4.90 Å². The predicted molar refractivity (Wildman–Crippen MR) is 102 cm³/mol. The molecule has 3 aromatic rings. The summed E-state index contributed by atoms with van der Waals surface area (Å²) < 4.78 is 0. The van der Waals surface area contributed by atoms with Crippen molar-refractivity contribution >= 4 is 39.0 Å². The van der Waals surface area contributed by atoms with Crippen molar-refractivity contribution < 1.29 is 0 Å². The first-order chi connectivity index (χ1) is 11.8. The Hall–Kier alpha value is -1.69. The summed E-state index contributed by atoms with van der Waals surface area (Å²) in [6.07, 6.45) is 0. The summed E-state index contributed by atoms with van der Waals surface area (Å²) in [6, 6.07) is 10.4. The van der Waals surface area contributed by atoms with Crippen LogP contribution in [0.1, 0.15) is 6.92 Å². The van der Waals surface area contributed by atoms with Gasteiger partial charge in [0.1, 0.15) is 10.6 Å². The molecule has 0 aliphatic carbocycles. The van der Waals surface area contributed by atoms with Crippen LogP contribution in [-0.4, -0.2) is 47.6 Å². The zero-order valence-electron chi connectivity index (χ0n) is 13.6. The predicted octanol–water partition coefficient (Wildman–Crippen LogP) is 4.15. The Kier molecular flexibility index (Phi) is 4.39. The van der Waals surface area contributed by atoms with Gasteiger partial charge in [0, 0.05) is 37.1 Å². The second kappa shape index (κ2) is 6.67. The standard InChI is InChI=1S/C18H19ClN4S/c1-2-22-8-10-23(11-9-22)16-15-14(13-6-4-3-5-7-13)12-24-17(15)21-18(19)20-16/h3-7,12H,2,8-11H2,1H3. The Labute approximate surface area is 150 Å².